The van der Waals surface area contributed by atoms with Crippen LogP contribution in [0.25, 0.3) is 23.0 Å². The lowest BCUT2D eigenvalue weighted by Crippen LogP contribution is -2.39. The molecule has 0 bridgehead atoms. The Morgan fingerprint density at radius 3 is 2.52 bits per heavy atom. The van der Waals surface area contributed by atoms with Gasteiger partial charge in [-0.2, -0.15) is 5.10 Å². The Labute approximate surface area is 300 Å². The van der Waals surface area contributed by atoms with Gasteiger partial charge in [0.05, 0.1) is 34.1 Å². The van der Waals surface area contributed by atoms with Crippen LogP contribution in [0.1, 0.15) is 49.9 Å². The van der Waals surface area contributed by atoms with E-state index in [9.17, 15) is 9.59 Å². The molecule has 10 heteroatoms. The van der Waals surface area contributed by atoms with Crippen molar-refractivity contribution in [2.45, 2.75) is 45.1 Å². The molecule has 0 amide bonds. The van der Waals surface area contributed by atoms with Gasteiger partial charge in [0, 0.05) is 22.2 Å². The van der Waals surface area contributed by atoms with Crippen LogP contribution in [0.5, 0.6) is 5.75 Å². The second-order valence-electron chi connectivity index (χ2n) is 12.5. The van der Waals surface area contributed by atoms with Gasteiger partial charge in [0.25, 0.3) is 5.56 Å². The molecule has 0 saturated carbocycles. The van der Waals surface area contributed by atoms with Gasteiger partial charge in [-0.3, -0.25) is 9.36 Å². The average molecular weight is 705 g/mol. The first-order chi connectivity index (χ1) is 24.2. The van der Waals surface area contributed by atoms with Gasteiger partial charge < -0.3 is 9.47 Å². The molecule has 0 N–H and O–H groups in total. The van der Waals surface area contributed by atoms with Crippen LogP contribution in [0.3, 0.4) is 0 Å². The van der Waals surface area contributed by atoms with Gasteiger partial charge in [0.2, 0.25) is 0 Å². The van der Waals surface area contributed by atoms with E-state index < -0.39 is 12.0 Å². The number of para-hydroxylation sites is 1. The Morgan fingerprint density at radius 1 is 1.08 bits per heavy atom. The summed E-state index contributed by atoms with van der Waals surface area (Å²) in [6, 6.07) is 23.1. The van der Waals surface area contributed by atoms with E-state index in [-0.39, 0.29) is 12.2 Å². The van der Waals surface area contributed by atoms with Crippen LogP contribution < -0.4 is 19.6 Å². The van der Waals surface area contributed by atoms with Crippen LogP contribution in [0, 0.1) is 12.8 Å². The lowest BCUT2D eigenvalue weighted by atomic mass is 9.96. The minimum atomic E-state index is -0.709. The Hall–Kier alpha value is -4.93. The first-order valence-corrected chi connectivity index (χ1v) is 18.6. The fourth-order valence-corrected chi connectivity index (χ4v) is 7.28. The number of ether oxygens (including phenoxy) is 2. The number of allylic oxidation sites excluding steroid dienone is 1. The van der Waals surface area contributed by atoms with Crippen LogP contribution in [0.2, 0.25) is 0 Å². The van der Waals surface area contributed by atoms with Crippen molar-refractivity contribution in [2.75, 3.05) is 19.5 Å². The van der Waals surface area contributed by atoms with Crippen molar-refractivity contribution in [2.24, 2.45) is 10.9 Å². The zero-order valence-corrected chi connectivity index (χ0v) is 30.5. The van der Waals surface area contributed by atoms with Gasteiger partial charge in [-0.1, -0.05) is 68.2 Å². The van der Waals surface area contributed by atoms with E-state index >= 15 is 0 Å². The lowest BCUT2D eigenvalue weighted by molar-refractivity contribution is -0.138. The SMILES string of the molecule is C=CCOC(=O)C1=C(C)N=c2sc(=Cc3cn(-c4ccccc4)nc3-c3ccc(OCCC(C)C)c(C)c3)c(=O)n2C1c1ccc(SC)cc1. The highest BCUT2D eigenvalue weighted by Crippen LogP contribution is 2.32. The van der Waals surface area contributed by atoms with Crippen LogP contribution >= 0.6 is 23.1 Å². The summed E-state index contributed by atoms with van der Waals surface area (Å²) in [4.78, 5) is 34.2. The number of aromatic nitrogens is 3. The van der Waals surface area contributed by atoms with Gasteiger partial charge in [-0.15, -0.1) is 11.8 Å². The van der Waals surface area contributed by atoms with E-state index in [4.69, 9.17) is 19.6 Å². The van der Waals surface area contributed by atoms with Crippen molar-refractivity contribution in [3.63, 3.8) is 0 Å². The molecule has 3 heterocycles. The molecule has 5 aromatic rings. The Morgan fingerprint density at radius 2 is 1.84 bits per heavy atom. The number of esters is 1. The summed E-state index contributed by atoms with van der Waals surface area (Å²) < 4.78 is 15.5. The summed E-state index contributed by atoms with van der Waals surface area (Å²) in [7, 11) is 0. The number of rotatable bonds is 12. The zero-order chi connectivity index (χ0) is 35.4. The fraction of sp³-hybridized carbons (Fsp3) is 0.250. The third kappa shape index (κ3) is 7.32. The monoisotopic (exact) mass is 704 g/mol. The number of carbonyl (C=O) groups is 1. The molecule has 0 radical (unpaired) electrons. The second kappa shape index (κ2) is 15.3. The van der Waals surface area contributed by atoms with E-state index in [2.05, 4.69) is 26.5 Å². The summed E-state index contributed by atoms with van der Waals surface area (Å²) in [5, 5.41) is 5.01. The van der Waals surface area contributed by atoms with Crippen molar-refractivity contribution >= 4 is 35.1 Å². The lowest BCUT2D eigenvalue weighted by Gasteiger charge is -2.24. The third-order valence-electron chi connectivity index (χ3n) is 8.46. The smallest absolute Gasteiger partial charge is 0.338 e. The van der Waals surface area contributed by atoms with Crippen LogP contribution in [0.4, 0.5) is 0 Å². The number of nitrogens with zero attached hydrogens (tertiary/aromatic N) is 4. The first kappa shape index (κ1) is 34.9. The molecule has 2 aromatic heterocycles. The highest BCUT2D eigenvalue weighted by molar-refractivity contribution is 7.98. The van der Waals surface area contributed by atoms with Gasteiger partial charge >= 0.3 is 5.97 Å². The normalized spacial score (nSPS) is 14.4. The molecule has 3 aromatic carbocycles. The number of fused-ring (bicyclic) bond motifs is 1. The maximum atomic E-state index is 14.4. The van der Waals surface area contributed by atoms with Crippen LogP contribution in [0.15, 0.2) is 118 Å². The molecule has 1 atom stereocenters. The van der Waals surface area contributed by atoms with Gasteiger partial charge in [0.1, 0.15) is 18.1 Å². The minimum absolute atomic E-state index is 0.0525. The largest absolute Gasteiger partial charge is 0.493 e. The van der Waals surface area contributed by atoms with Crippen molar-refractivity contribution < 1.29 is 14.3 Å². The summed E-state index contributed by atoms with van der Waals surface area (Å²) in [6.07, 6.45) is 8.31. The topological polar surface area (TPSA) is 87.7 Å². The van der Waals surface area contributed by atoms with E-state index in [0.29, 0.717) is 33.1 Å². The van der Waals surface area contributed by atoms with E-state index in [1.807, 2.05) is 96.9 Å². The van der Waals surface area contributed by atoms with Crippen LogP contribution in [-0.2, 0) is 9.53 Å². The quantitative estimate of drug-likeness (QED) is 0.0772. The Bertz CT molecular complexity index is 2250. The minimum Gasteiger partial charge on any atom is -0.493 e. The molecule has 0 aliphatic carbocycles. The van der Waals surface area contributed by atoms with Gasteiger partial charge in [0.15, 0.2) is 4.80 Å². The third-order valence-corrected chi connectivity index (χ3v) is 10.2. The average Bonchev–Trinajstić information content (AvgIpc) is 3.67. The molecule has 0 spiro atoms. The molecule has 0 fully saturated rings. The van der Waals surface area contributed by atoms with Gasteiger partial charge in [-0.25, -0.2) is 14.5 Å². The summed E-state index contributed by atoms with van der Waals surface area (Å²) >= 11 is 2.91. The Balaban J connectivity index is 1.49. The summed E-state index contributed by atoms with van der Waals surface area (Å²) in [5.41, 5.74) is 5.68. The number of carbonyl (C=O) groups excluding carboxylic acids is 1. The highest BCUT2D eigenvalue weighted by Gasteiger charge is 2.33. The van der Waals surface area contributed by atoms with Crippen LogP contribution in [-0.4, -0.2) is 39.8 Å². The summed E-state index contributed by atoms with van der Waals surface area (Å²) in [5.74, 6) is 0.871. The molecule has 50 heavy (non-hydrogen) atoms. The number of benzene rings is 3. The maximum Gasteiger partial charge on any atom is 0.338 e. The Kier molecular flexibility index (Phi) is 10.7. The predicted octanol–water partition coefficient (Wildman–Crippen LogP) is 7.27. The molecular formula is C40H40N4O4S2. The summed E-state index contributed by atoms with van der Waals surface area (Å²) in [6.45, 7) is 12.6. The number of aryl methyl sites for hydroxylation is 1. The highest BCUT2D eigenvalue weighted by atomic mass is 32.2. The molecule has 1 aliphatic rings. The van der Waals surface area contributed by atoms with Gasteiger partial charge in [-0.05, 0) is 92.1 Å². The first-order valence-electron chi connectivity index (χ1n) is 16.5. The standard InChI is InChI=1S/C40H40N4O4S2/c1-7-20-48-39(46)35-27(5)41-40-44(37(35)28-13-16-32(49-6)17-14-28)38(45)34(50-40)23-30-24-43(31-11-9-8-10-12-31)42-36(30)29-15-18-33(26(4)22-29)47-21-19-25(2)3/h7-18,22-25,37H,1,19-21H2,2-6H3. The number of thioether (sulfide) groups is 1. The molecule has 0 saturated heterocycles. The molecule has 1 aliphatic heterocycles. The molecule has 1 unspecified atom stereocenters. The van der Waals surface area contributed by atoms with Crippen molar-refractivity contribution in [3.8, 4) is 22.7 Å². The number of hydrogen-bond acceptors (Lipinski definition) is 8. The number of thiazole rings is 1. The molecule has 256 valence electrons. The zero-order valence-electron chi connectivity index (χ0n) is 28.9. The van der Waals surface area contributed by atoms with E-state index in [1.165, 1.54) is 17.4 Å². The number of hydrogen-bond donors (Lipinski definition) is 0. The molecule has 6 rings (SSSR count). The van der Waals surface area contributed by atoms with Crippen molar-refractivity contribution in [1.29, 1.82) is 0 Å². The fourth-order valence-electron chi connectivity index (χ4n) is 5.83. The molecule has 8 nitrogen and oxygen atoms in total. The van der Waals surface area contributed by atoms with E-state index in [1.54, 1.807) is 23.3 Å². The van der Waals surface area contributed by atoms with E-state index in [0.717, 1.165) is 50.7 Å². The maximum absolute atomic E-state index is 14.4. The van der Waals surface area contributed by atoms with Crippen molar-refractivity contribution in [3.05, 3.63) is 139 Å². The second-order valence-corrected chi connectivity index (χ2v) is 14.4. The van der Waals surface area contributed by atoms with Crippen molar-refractivity contribution in [1.82, 2.24) is 14.3 Å². The molecular weight excluding hydrogens is 665 g/mol. The predicted molar refractivity (Wildman–Crippen MR) is 202 cm³/mol.